The Kier molecular flexibility index (Phi) is 4.12. The number of nitrogens with zero attached hydrogens (tertiary/aromatic N) is 4. The fourth-order valence-corrected chi connectivity index (χ4v) is 3.14. The Morgan fingerprint density at radius 1 is 1.27 bits per heavy atom. The lowest BCUT2D eigenvalue weighted by Crippen LogP contribution is -2.37. The average Bonchev–Trinajstić information content (AvgIpc) is 3.21. The molecule has 0 bridgehead atoms. The summed E-state index contributed by atoms with van der Waals surface area (Å²) in [5.41, 5.74) is 4.01. The molecule has 1 aliphatic rings. The molecule has 0 atom stereocenters. The quantitative estimate of drug-likeness (QED) is 0.783. The van der Waals surface area contributed by atoms with Crippen LogP contribution in [0.2, 0.25) is 0 Å². The molecule has 132 valence electrons. The average molecular weight is 349 g/mol. The summed E-state index contributed by atoms with van der Waals surface area (Å²) in [7, 11) is 1.80. The highest BCUT2D eigenvalue weighted by atomic mass is 16.3. The summed E-state index contributed by atoms with van der Waals surface area (Å²) in [6.45, 7) is 3.00. The van der Waals surface area contributed by atoms with Crippen LogP contribution in [-0.4, -0.2) is 39.6 Å². The van der Waals surface area contributed by atoms with E-state index in [1.807, 2.05) is 42.2 Å². The molecule has 4 rings (SSSR count). The normalized spacial score (nSPS) is 13.4. The predicted octanol–water partition coefficient (Wildman–Crippen LogP) is 2.68. The van der Waals surface area contributed by atoms with Gasteiger partial charge in [-0.3, -0.25) is 4.79 Å². The van der Waals surface area contributed by atoms with Gasteiger partial charge in [0.05, 0.1) is 23.2 Å². The van der Waals surface area contributed by atoms with E-state index in [9.17, 15) is 4.79 Å². The number of amides is 1. The number of hydrogen-bond acceptors (Lipinski definition) is 6. The van der Waals surface area contributed by atoms with E-state index in [-0.39, 0.29) is 5.91 Å². The first-order chi connectivity index (χ1) is 12.7. The molecule has 1 amide bonds. The highest BCUT2D eigenvalue weighted by molar-refractivity contribution is 5.95. The number of fused-ring (bicyclic) bond motifs is 1. The fraction of sp³-hybridized carbons (Fsp3) is 0.263. The number of aromatic nitrogens is 3. The summed E-state index contributed by atoms with van der Waals surface area (Å²) < 4.78 is 5.38. The van der Waals surface area contributed by atoms with Crippen LogP contribution in [0.4, 0.5) is 5.82 Å². The van der Waals surface area contributed by atoms with Gasteiger partial charge in [-0.25, -0.2) is 4.98 Å². The van der Waals surface area contributed by atoms with Crippen molar-refractivity contribution in [2.75, 3.05) is 18.9 Å². The van der Waals surface area contributed by atoms with Crippen molar-refractivity contribution in [2.24, 2.45) is 0 Å². The summed E-state index contributed by atoms with van der Waals surface area (Å²) in [5, 5.41) is 11.3. The monoisotopic (exact) mass is 349 g/mol. The summed E-state index contributed by atoms with van der Waals surface area (Å²) in [5.74, 6) is 1.38. The van der Waals surface area contributed by atoms with Crippen LogP contribution < -0.4 is 5.32 Å². The zero-order valence-electron chi connectivity index (χ0n) is 14.7. The molecule has 7 heteroatoms. The minimum absolute atomic E-state index is 0.0190. The Morgan fingerprint density at radius 3 is 2.88 bits per heavy atom. The molecule has 4 heterocycles. The van der Waals surface area contributed by atoms with E-state index in [0.29, 0.717) is 42.3 Å². The molecule has 1 N–H and O–H groups in total. The molecule has 0 radical (unpaired) electrons. The Hall–Kier alpha value is -3.22. The van der Waals surface area contributed by atoms with Gasteiger partial charge in [-0.1, -0.05) is 0 Å². The van der Waals surface area contributed by atoms with Crippen LogP contribution in [0, 0.1) is 6.92 Å². The van der Waals surface area contributed by atoms with Crippen molar-refractivity contribution in [1.82, 2.24) is 20.1 Å². The summed E-state index contributed by atoms with van der Waals surface area (Å²) in [6, 6.07) is 9.26. The predicted molar refractivity (Wildman–Crippen MR) is 96.7 cm³/mol. The largest absolute Gasteiger partial charge is 0.463 e. The molecular weight excluding hydrogens is 330 g/mol. The van der Waals surface area contributed by atoms with Crippen LogP contribution >= 0.6 is 0 Å². The number of nitrogens with one attached hydrogen (secondary N) is 1. The first-order valence-corrected chi connectivity index (χ1v) is 8.49. The van der Waals surface area contributed by atoms with Gasteiger partial charge in [0, 0.05) is 26.6 Å². The van der Waals surface area contributed by atoms with Crippen LogP contribution in [0.15, 0.2) is 41.0 Å². The number of furan rings is 1. The van der Waals surface area contributed by atoms with Gasteiger partial charge in [-0.05, 0) is 42.8 Å². The van der Waals surface area contributed by atoms with Gasteiger partial charge >= 0.3 is 0 Å². The third-order valence-corrected chi connectivity index (χ3v) is 4.57. The lowest BCUT2D eigenvalue weighted by atomic mass is 10.0. The van der Waals surface area contributed by atoms with Gasteiger partial charge < -0.3 is 14.6 Å². The Balaban J connectivity index is 1.58. The smallest absolute Gasteiger partial charge is 0.256 e. The molecule has 3 aromatic rings. The van der Waals surface area contributed by atoms with Crippen molar-refractivity contribution in [2.45, 2.75) is 19.9 Å². The molecular formula is C19H19N5O2. The maximum absolute atomic E-state index is 13.0. The minimum atomic E-state index is -0.0190. The van der Waals surface area contributed by atoms with Gasteiger partial charge in [0.15, 0.2) is 5.76 Å². The first-order valence-electron chi connectivity index (χ1n) is 8.49. The summed E-state index contributed by atoms with van der Waals surface area (Å²) in [4.78, 5) is 19.4. The number of hydrogen-bond donors (Lipinski definition) is 1. The van der Waals surface area contributed by atoms with Crippen LogP contribution in [0.5, 0.6) is 0 Å². The van der Waals surface area contributed by atoms with Crippen molar-refractivity contribution in [3.8, 4) is 11.5 Å². The standard InChI is InChI=1S/C19H19N5O2/c1-12-14(5-6-16(21-12)17-4-3-9-26-17)19(25)24-8-7-15-13(11-24)10-18(20-2)23-22-15/h3-6,9-10H,7-8,11H2,1-2H3,(H,20,23). The van der Waals surface area contributed by atoms with E-state index in [1.165, 1.54) is 0 Å². The molecule has 0 aromatic carbocycles. The van der Waals surface area contributed by atoms with Gasteiger partial charge in [-0.2, -0.15) is 5.10 Å². The maximum atomic E-state index is 13.0. The fourth-order valence-electron chi connectivity index (χ4n) is 3.14. The van der Waals surface area contributed by atoms with Crippen molar-refractivity contribution in [1.29, 1.82) is 0 Å². The van der Waals surface area contributed by atoms with Gasteiger partial charge in [-0.15, -0.1) is 5.10 Å². The highest BCUT2D eigenvalue weighted by Crippen LogP contribution is 2.23. The summed E-state index contributed by atoms with van der Waals surface area (Å²) in [6.07, 6.45) is 2.31. The second-order valence-corrected chi connectivity index (χ2v) is 6.23. The SMILES string of the molecule is CNc1cc2c(nn1)CCN(C(=O)c1ccc(-c3ccco3)nc1C)C2. The van der Waals surface area contributed by atoms with Crippen molar-refractivity contribution in [3.05, 3.63) is 59.1 Å². The van der Waals surface area contributed by atoms with Gasteiger partial charge in [0.2, 0.25) is 0 Å². The Labute approximate surface area is 151 Å². The molecule has 0 saturated heterocycles. The molecule has 0 fully saturated rings. The van der Waals surface area contributed by atoms with Gasteiger partial charge in [0.1, 0.15) is 11.5 Å². The topological polar surface area (TPSA) is 84.2 Å². The molecule has 26 heavy (non-hydrogen) atoms. The molecule has 3 aromatic heterocycles. The van der Waals surface area contributed by atoms with Gasteiger partial charge in [0.25, 0.3) is 5.91 Å². The number of anilines is 1. The third-order valence-electron chi connectivity index (χ3n) is 4.57. The summed E-state index contributed by atoms with van der Waals surface area (Å²) >= 11 is 0. The number of pyridine rings is 1. The van der Waals surface area contributed by atoms with E-state index in [1.54, 1.807) is 13.3 Å². The molecule has 0 spiro atoms. The second-order valence-electron chi connectivity index (χ2n) is 6.23. The van der Waals surface area contributed by atoms with Crippen LogP contribution in [0.3, 0.4) is 0 Å². The molecule has 7 nitrogen and oxygen atoms in total. The zero-order chi connectivity index (χ0) is 18.1. The molecule has 1 aliphatic heterocycles. The minimum Gasteiger partial charge on any atom is -0.463 e. The van der Waals surface area contributed by atoms with E-state index in [0.717, 1.165) is 17.0 Å². The lowest BCUT2D eigenvalue weighted by molar-refractivity contribution is 0.0732. The Bertz CT molecular complexity index is 953. The van der Waals surface area contributed by atoms with E-state index >= 15 is 0 Å². The second kappa shape index (κ2) is 6.59. The number of carbonyl (C=O) groups excluding carboxylic acids is 1. The number of aryl methyl sites for hydroxylation is 1. The Morgan fingerprint density at radius 2 is 2.15 bits per heavy atom. The van der Waals surface area contributed by atoms with E-state index in [2.05, 4.69) is 20.5 Å². The highest BCUT2D eigenvalue weighted by Gasteiger charge is 2.25. The van der Waals surface area contributed by atoms with Crippen LogP contribution in [0.25, 0.3) is 11.5 Å². The molecule has 0 aliphatic carbocycles. The van der Waals surface area contributed by atoms with Crippen LogP contribution in [-0.2, 0) is 13.0 Å². The van der Waals surface area contributed by atoms with Crippen LogP contribution in [0.1, 0.15) is 27.3 Å². The molecule has 0 unspecified atom stereocenters. The zero-order valence-corrected chi connectivity index (χ0v) is 14.7. The first kappa shape index (κ1) is 16.3. The van der Waals surface area contributed by atoms with E-state index < -0.39 is 0 Å². The lowest BCUT2D eigenvalue weighted by Gasteiger charge is -2.28. The third kappa shape index (κ3) is 2.92. The van der Waals surface area contributed by atoms with E-state index in [4.69, 9.17) is 4.42 Å². The molecule has 0 saturated carbocycles. The number of carbonyl (C=O) groups is 1. The van der Waals surface area contributed by atoms with Crippen molar-refractivity contribution < 1.29 is 9.21 Å². The number of rotatable bonds is 3. The van der Waals surface area contributed by atoms with Crippen molar-refractivity contribution in [3.63, 3.8) is 0 Å². The maximum Gasteiger partial charge on any atom is 0.256 e. The van der Waals surface area contributed by atoms with Crippen molar-refractivity contribution >= 4 is 11.7 Å².